The summed E-state index contributed by atoms with van der Waals surface area (Å²) in [5.74, 6) is -0.196. The van der Waals surface area contributed by atoms with Crippen LogP contribution in [0.2, 0.25) is 0 Å². The van der Waals surface area contributed by atoms with E-state index in [4.69, 9.17) is 0 Å². The number of amides is 2. The van der Waals surface area contributed by atoms with Crippen molar-refractivity contribution in [2.24, 2.45) is 0 Å². The highest BCUT2D eigenvalue weighted by Crippen LogP contribution is 2.27. The fraction of sp³-hybridized carbons (Fsp3) is 0.556. The van der Waals surface area contributed by atoms with Crippen LogP contribution in [0.15, 0.2) is 24.3 Å². The predicted molar refractivity (Wildman–Crippen MR) is 90.2 cm³/mol. The van der Waals surface area contributed by atoms with Crippen LogP contribution in [0.3, 0.4) is 0 Å². The molecule has 2 rings (SSSR count). The summed E-state index contributed by atoms with van der Waals surface area (Å²) in [6, 6.07) is 8.88. The molecule has 0 aromatic heterocycles. The molecule has 1 unspecified atom stereocenters. The first-order valence-electron chi connectivity index (χ1n) is 8.55. The average molecular weight is 318 g/mol. The molecule has 23 heavy (non-hydrogen) atoms. The molecule has 0 saturated carbocycles. The molecule has 1 aromatic rings. The lowest BCUT2D eigenvalue weighted by Gasteiger charge is -2.30. The first-order chi connectivity index (χ1) is 11.1. The van der Waals surface area contributed by atoms with Crippen LogP contribution >= 0.6 is 0 Å². The summed E-state index contributed by atoms with van der Waals surface area (Å²) in [6.45, 7) is 3.10. The average Bonchev–Trinajstić information content (AvgIpc) is 2.57. The lowest BCUT2D eigenvalue weighted by Crippen LogP contribution is -3.10. The zero-order valence-corrected chi connectivity index (χ0v) is 14.2. The van der Waals surface area contributed by atoms with Crippen molar-refractivity contribution in [1.29, 1.82) is 0 Å². The lowest BCUT2D eigenvalue weighted by atomic mass is 9.87. The predicted octanol–water partition coefficient (Wildman–Crippen LogP) is 0.221. The fourth-order valence-corrected chi connectivity index (χ4v) is 3.21. The number of rotatable bonds is 7. The van der Waals surface area contributed by atoms with E-state index in [9.17, 15) is 9.59 Å². The highest BCUT2D eigenvalue weighted by atomic mass is 16.2. The topological polar surface area (TPSA) is 62.6 Å². The number of aryl methyl sites for hydroxylation is 1. The van der Waals surface area contributed by atoms with E-state index in [1.165, 1.54) is 22.4 Å². The van der Waals surface area contributed by atoms with Crippen molar-refractivity contribution in [2.75, 3.05) is 26.7 Å². The van der Waals surface area contributed by atoms with Gasteiger partial charge in [-0.15, -0.1) is 0 Å². The Balaban J connectivity index is 1.84. The molecule has 5 heteroatoms. The Labute approximate surface area is 138 Å². The minimum absolute atomic E-state index is 0.0629. The first-order valence-corrected chi connectivity index (χ1v) is 8.55. The van der Waals surface area contributed by atoms with Gasteiger partial charge < -0.3 is 15.5 Å². The van der Waals surface area contributed by atoms with Crippen molar-refractivity contribution in [3.05, 3.63) is 35.4 Å². The standard InChI is InChI=1S/C18H27N3O2/c1-3-11-19-17(22)12-20-18(23)13-21(2)16-10-6-8-14-7-4-5-9-15(14)16/h4-5,7,9,16H,3,6,8,10-13H2,1-2H3,(H,19,22)(H,20,23)/p+1/t16-/m1/s1. The Hall–Kier alpha value is -1.88. The molecule has 0 heterocycles. The molecule has 1 aliphatic rings. The van der Waals surface area contributed by atoms with Gasteiger partial charge in [-0.3, -0.25) is 9.59 Å². The van der Waals surface area contributed by atoms with Crippen LogP contribution in [-0.4, -0.2) is 38.5 Å². The summed E-state index contributed by atoms with van der Waals surface area (Å²) in [6.07, 6.45) is 4.30. The Bertz CT molecular complexity index is 545. The van der Waals surface area contributed by atoms with Crippen LogP contribution in [0.5, 0.6) is 0 Å². The molecule has 0 radical (unpaired) electrons. The Morgan fingerprint density at radius 1 is 1.22 bits per heavy atom. The molecule has 1 aliphatic carbocycles. The molecule has 0 saturated heterocycles. The number of benzene rings is 1. The highest BCUT2D eigenvalue weighted by molar-refractivity contribution is 5.84. The smallest absolute Gasteiger partial charge is 0.275 e. The van der Waals surface area contributed by atoms with Gasteiger partial charge in [-0.2, -0.15) is 0 Å². The SMILES string of the molecule is CCCNC(=O)CNC(=O)C[NH+](C)[C@@H]1CCCc2ccccc21. The zero-order chi connectivity index (χ0) is 16.7. The maximum absolute atomic E-state index is 12.1. The monoisotopic (exact) mass is 318 g/mol. The number of fused-ring (bicyclic) bond motifs is 1. The second-order valence-corrected chi connectivity index (χ2v) is 6.29. The van der Waals surface area contributed by atoms with Gasteiger partial charge in [0.05, 0.1) is 13.6 Å². The minimum Gasteiger partial charge on any atom is -0.355 e. The van der Waals surface area contributed by atoms with Gasteiger partial charge in [0.2, 0.25) is 5.91 Å². The van der Waals surface area contributed by atoms with Crippen LogP contribution in [0, 0.1) is 0 Å². The minimum atomic E-state index is -0.124. The fourth-order valence-electron chi connectivity index (χ4n) is 3.21. The Morgan fingerprint density at radius 2 is 2.00 bits per heavy atom. The number of carbonyl (C=O) groups is 2. The normalized spacial score (nSPS) is 17.9. The van der Waals surface area contributed by atoms with Gasteiger partial charge in [-0.05, 0) is 24.8 Å². The van der Waals surface area contributed by atoms with Gasteiger partial charge in [0.15, 0.2) is 6.54 Å². The van der Waals surface area contributed by atoms with E-state index in [-0.39, 0.29) is 18.4 Å². The van der Waals surface area contributed by atoms with E-state index in [1.54, 1.807) is 0 Å². The maximum Gasteiger partial charge on any atom is 0.275 e. The first kappa shape index (κ1) is 17.5. The van der Waals surface area contributed by atoms with Crippen molar-refractivity contribution in [2.45, 2.75) is 38.6 Å². The summed E-state index contributed by atoms with van der Waals surface area (Å²) in [4.78, 5) is 24.8. The number of likely N-dealkylation sites (N-methyl/N-ethyl adjacent to an activating group) is 1. The largest absolute Gasteiger partial charge is 0.355 e. The molecule has 2 atom stereocenters. The number of quaternary nitrogens is 1. The van der Waals surface area contributed by atoms with Crippen molar-refractivity contribution in [1.82, 2.24) is 10.6 Å². The van der Waals surface area contributed by atoms with Crippen molar-refractivity contribution >= 4 is 11.8 Å². The zero-order valence-electron chi connectivity index (χ0n) is 14.2. The van der Waals surface area contributed by atoms with Crippen LogP contribution in [0.4, 0.5) is 0 Å². The third kappa shape index (κ3) is 5.06. The summed E-state index contributed by atoms with van der Waals surface area (Å²) >= 11 is 0. The molecule has 1 aromatic carbocycles. The molecule has 0 aliphatic heterocycles. The third-order valence-corrected chi connectivity index (χ3v) is 4.42. The quantitative estimate of drug-likeness (QED) is 0.673. The molecule has 5 nitrogen and oxygen atoms in total. The number of carbonyl (C=O) groups excluding carboxylic acids is 2. The molecule has 0 bridgehead atoms. The third-order valence-electron chi connectivity index (χ3n) is 4.42. The Kier molecular flexibility index (Phi) is 6.59. The van der Waals surface area contributed by atoms with Gasteiger partial charge in [-0.1, -0.05) is 31.2 Å². The molecule has 0 fully saturated rings. The maximum atomic E-state index is 12.1. The van der Waals surface area contributed by atoms with Crippen LogP contribution in [0.25, 0.3) is 0 Å². The molecular formula is C18H28N3O2+. The molecule has 126 valence electrons. The Morgan fingerprint density at radius 3 is 2.78 bits per heavy atom. The summed E-state index contributed by atoms with van der Waals surface area (Å²) < 4.78 is 0. The lowest BCUT2D eigenvalue weighted by molar-refractivity contribution is -0.905. The van der Waals surface area contributed by atoms with Crippen molar-refractivity contribution in [3.63, 3.8) is 0 Å². The van der Waals surface area contributed by atoms with E-state index in [0.29, 0.717) is 19.1 Å². The summed E-state index contributed by atoms with van der Waals surface area (Å²) in [5.41, 5.74) is 2.77. The van der Waals surface area contributed by atoms with E-state index >= 15 is 0 Å². The van der Waals surface area contributed by atoms with Crippen LogP contribution in [0.1, 0.15) is 43.4 Å². The van der Waals surface area contributed by atoms with Gasteiger partial charge in [-0.25, -0.2) is 0 Å². The van der Waals surface area contributed by atoms with Gasteiger partial charge in [0.1, 0.15) is 6.04 Å². The van der Waals surface area contributed by atoms with Gasteiger partial charge in [0.25, 0.3) is 5.91 Å². The summed E-state index contributed by atoms with van der Waals surface area (Å²) in [7, 11) is 2.06. The number of nitrogens with one attached hydrogen (secondary N) is 3. The van der Waals surface area contributed by atoms with E-state index < -0.39 is 0 Å². The summed E-state index contributed by atoms with van der Waals surface area (Å²) in [5, 5.41) is 5.47. The molecule has 3 N–H and O–H groups in total. The molecular weight excluding hydrogens is 290 g/mol. The van der Waals surface area contributed by atoms with E-state index in [2.05, 4.69) is 41.9 Å². The number of hydrogen-bond acceptors (Lipinski definition) is 2. The van der Waals surface area contributed by atoms with Gasteiger partial charge >= 0.3 is 0 Å². The van der Waals surface area contributed by atoms with Crippen LogP contribution in [-0.2, 0) is 16.0 Å². The van der Waals surface area contributed by atoms with Gasteiger partial charge in [0, 0.05) is 18.5 Å². The second kappa shape index (κ2) is 8.67. The molecule has 0 spiro atoms. The molecule has 2 amide bonds. The highest BCUT2D eigenvalue weighted by Gasteiger charge is 2.27. The van der Waals surface area contributed by atoms with E-state index in [0.717, 1.165) is 19.3 Å². The number of hydrogen-bond donors (Lipinski definition) is 3. The van der Waals surface area contributed by atoms with E-state index in [1.807, 2.05) is 6.92 Å². The second-order valence-electron chi connectivity index (χ2n) is 6.29. The van der Waals surface area contributed by atoms with Crippen molar-refractivity contribution in [3.8, 4) is 0 Å². The van der Waals surface area contributed by atoms with Crippen LogP contribution < -0.4 is 15.5 Å². The van der Waals surface area contributed by atoms with Crippen molar-refractivity contribution < 1.29 is 14.5 Å².